The molecule has 0 aromatic carbocycles. The van der Waals surface area contributed by atoms with E-state index in [0.717, 1.165) is 0 Å². The molecule has 0 radical (unpaired) electrons. The third-order valence-electron chi connectivity index (χ3n) is 2.97. The lowest BCUT2D eigenvalue weighted by atomic mass is 10.2. The average Bonchev–Trinajstić information content (AvgIpc) is 2.39. The first-order valence-electron chi connectivity index (χ1n) is 6.22. The van der Waals surface area contributed by atoms with Crippen molar-refractivity contribution < 1.29 is 9.66 Å². The van der Waals surface area contributed by atoms with Gasteiger partial charge in [-0.15, -0.1) is 0 Å². The summed E-state index contributed by atoms with van der Waals surface area (Å²) in [6.45, 7) is 6.06. The maximum atomic E-state index is 11.3. The Bertz CT molecular complexity index is 468. The standard InChI is InChI=1S/C11H17N5O3/c1-3-12-10-9(16(17)18)11(14-7-13-10)15-4-5-19-6-8(15)2/h7-8H,3-6H2,1-2H3,(H,12,13,14). The van der Waals surface area contributed by atoms with Gasteiger partial charge in [0.05, 0.1) is 24.2 Å². The zero-order valence-electron chi connectivity index (χ0n) is 11.0. The molecular weight excluding hydrogens is 250 g/mol. The van der Waals surface area contributed by atoms with Gasteiger partial charge in [0.25, 0.3) is 0 Å². The summed E-state index contributed by atoms with van der Waals surface area (Å²) in [7, 11) is 0. The van der Waals surface area contributed by atoms with Crippen LogP contribution in [0.1, 0.15) is 13.8 Å². The summed E-state index contributed by atoms with van der Waals surface area (Å²) < 4.78 is 5.34. The first kappa shape index (κ1) is 13.5. The second-order valence-electron chi connectivity index (χ2n) is 4.30. The molecule has 8 nitrogen and oxygen atoms in total. The fourth-order valence-electron chi connectivity index (χ4n) is 2.09. The van der Waals surface area contributed by atoms with Gasteiger partial charge >= 0.3 is 5.69 Å². The van der Waals surface area contributed by atoms with E-state index in [-0.39, 0.29) is 17.5 Å². The number of nitrogens with zero attached hydrogens (tertiary/aromatic N) is 4. The maximum absolute atomic E-state index is 11.3. The highest BCUT2D eigenvalue weighted by Crippen LogP contribution is 2.33. The molecule has 0 saturated carbocycles. The van der Waals surface area contributed by atoms with Crippen LogP contribution in [0.2, 0.25) is 0 Å². The van der Waals surface area contributed by atoms with Gasteiger partial charge in [-0.2, -0.15) is 0 Å². The molecule has 1 aliphatic heterocycles. The molecule has 1 aromatic rings. The van der Waals surface area contributed by atoms with Gasteiger partial charge in [0.15, 0.2) is 0 Å². The van der Waals surface area contributed by atoms with Crippen LogP contribution in [0.5, 0.6) is 0 Å². The molecule has 2 rings (SSSR count). The Balaban J connectivity index is 2.43. The molecular formula is C11H17N5O3. The minimum Gasteiger partial charge on any atom is -0.377 e. The van der Waals surface area contributed by atoms with E-state index in [0.29, 0.717) is 32.1 Å². The molecule has 0 amide bonds. The fraction of sp³-hybridized carbons (Fsp3) is 0.636. The molecule has 1 fully saturated rings. The number of morpholine rings is 1. The molecule has 104 valence electrons. The number of ether oxygens (including phenoxy) is 1. The Morgan fingerprint density at radius 1 is 1.63 bits per heavy atom. The highest BCUT2D eigenvalue weighted by atomic mass is 16.6. The second kappa shape index (κ2) is 5.79. The summed E-state index contributed by atoms with van der Waals surface area (Å²) >= 11 is 0. The summed E-state index contributed by atoms with van der Waals surface area (Å²) in [5.74, 6) is 0.614. The first-order valence-corrected chi connectivity index (χ1v) is 6.22. The minimum atomic E-state index is -0.435. The van der Waals surface area contributed by atoms with Crippen molar-refractivity contribution in [2.45, 2.75) is 19.9 Å². The number of anilines is 2. The lowest BCUT2D eigenvalue weighted by molar-refractivity contribution is -0.383. The van der Waals surface area contributed by atoms with E-state index in [1.54, 1.807) is 0 Å². The Morgan fingerprint density at radius 2 is 2.42 bits per heavy atom. The lowest BCUT2D eigenvalue weighted by Crippen LogP contribution is -2.44. The number of rotatable bonds is 4. The van der Waals surface area contributed by atoms with Crippen molar-refractivity contribution in [2.24, 2.45) is 0 Å². The topological polar surface area (TPSA) is 93.4 Å². The number of hydrogen-bond acceptors (Lipinski definition) is 7. The smallest absolute Gasteiger partial charge is 0.353 e. The number of hydrogen-bond donors (Lipinski definition) is 1. The summed E-state index contributed by atoms with van der Waals surface area (Å²) in [6, 6.07) is 0.0526. The van der Waals surface area contributed by atoms with Crippen LogP contribution in [0.15, 0.2) is 6.33 Å². The molecule has 8 heteroatoms. The SMILES string of the molecule is CCNc1ncnc(N2CCOCC2C)c1[N+](=O)[O-]. The zero-order chi connectivity index (χ0) is 13.8. The van der Waals surface area contributed by atoms with E-state index in [4.69, 9.17) is 4.74 Å². The Morgan fingerprint density at radius 3 is 3.05 bits per heavy atom. The quantitative estimate of drug-likeness (QED) is 0.643. The summed E-state index contributed by atoms with van der Waals surface area (Å²) in [6.07, 6.45) is 1.35. The summed E-state index contributed by atoms with van der Waals surface area (Å²) in [5.41, 5.74) is -0.0712. The first-order chi connectivity index (χ1) is 9.15. The van der Waals surface area contributed by atoms with Crippen LogP contribution in [-0.4, -0.2) is 47.2 Å². The van der Waals surface area contributed by atoms with Crippen LogP contribution in [0.25, 0.3) is 0 Å². The summed E-state index contributed by atoms with van der Waals surface area (Å²) in [5, 5.41) is 14.2. The molecule has 2 heterocycles. The lowest BCUT2D eigenvalue weighted by Gasteiger charge is -2.33. The Labute approximate surface area is 110 Å². The van der Waals surface area contributed by atoms with E-state index < -0.39 is 4.92 Å². The van der Waals surface area contributed by atoms with Gasteiger partial charge in [0.2, 0.25) is 11.6 Å². The largest absolute Gasteiger partial charge is 0.377 e. The maximum Gasteiger partial charge on any atom is 0.353 e. The molecule has 1 unspecified atom stereocenters. The van der Waals surface area contributed by atoms with Gasteiger partial charge in [-0.1, -0.05) is 0 Å². The van der Waals surface area contributed by atoms with Crippen LogP contribution in [0.3, 0.4) is 0 Å². The number of nitro groups is 1. The van der Waals surface area contributed by atoms with Crippen molar-refractivity contribution in [3.05, 3.63) is 16.4 Å². The molecule has 1 atom stereocenters. The van der Waals surface area contributed by atoms with Gasteiger partial charge < -0.3 is 15.0 Å². The van der Waals surface area contributed by atoms with E-state index in [1.165, 1.54) is 6.33 Å². The van der Waals surface area contributed by atoms with Crippen molar-refractivity contribution in [3.63, 3.8) is 0 Å². The van der Waals surface area contributed by atoms with Crippen molar-refractivity contribution in [1.29, 1.82) is 0 Å². The molecule has 1 aromatic heterocycles. The molecule has 0 spiro atoms. The van der Waals surface area contributed by atoms with E-state index in [9.17, 15) is 10.1 Å². The van der Waals surface area contributed by atoms with Gasteiger partial charge in [0, 0.05) is 13.1 Å². The second-order valence-corrected chi connectivity index (χ2v) is 4.30. The van der Waals surface area contributed by atoms with E-state index in [2.05, 4.69) is 15.3 Å². The molecule has 0 aliphatic carbocycles. The van der Waals surface area contributed by atoms with Gasteiger partial charge in [-0.05, 0) is 13.8 Å². The zero-order valence-corrected chi connectivity index (χ0v) is 11.0. The predicted octanol–water partition coefficient (Wildman–Crippen LogP) is 1.04. The third kappa shape index (κ3) is 2.73. The molecule has 1 aliphatic rings. The number of aromatic nitrogens is 2. The van der Waals surface area contributed by atoms with Crippen LogP contribution in [0, 0.1) is 10.1 Å². The summed E-state index contributed by atoms with van der Waals surface area (Å²) in [4.78, 5) is 20.8. The van der Waals surface area contributed by atoms with Gasteiger partial charge in [-0.3, -0.25) is 10.1 Å². The normalized spacial score (nSPS) is 19.3. The van der Waals surface area contributed by atoms with Crippen LogP contribution in [-0.2, 0) is 4.74 Å². The molecule has 1 N–H and O–H groups in total. The fourth-order valence-corrected chi connectivity index (χ4v) is 2.09. The third-order valence-corrected chi connectivity index (χ3v) is 2.97. The van der Waals surface area contributed by atoms with Gasteiger partial charge in [-0.25, -0.2) is 9.97 Å². The van der Waals surface area contributed by atoms with Crippen molar-refractivity contribution >= 4 is 17.3 Å². The van der Waals surface area contributed by atoms with Crippen molar-refractivity contribution in [3.8, 4) is 0 Å². The molecule has 0 bridgehead atoms. The minimum absolute atomic E-state index is 0.0526. The van der Waals surface area contributed by atoms with Crippen molar-refractivity contribution in [2.75, 3.05) is 36.5 Å². The molecule has 19 heavy (non-hydrogen) atoms. The van der Waals surface area contributed by atoms with E-state index in [1.807, 2.05) is 18.7 Å². The average molecular weight is 267 g/mol. The highest BCUT2D eigenvalue weighted by Gasteiger charge is 2.30. The Kier molecular flexibility index (Phi) is 4.10. The highest BCUT2D eigenvalue weighted by molar-refractivity contribution is 5.70. The monoisotopic (exact) mass is 267 g/mol. The van der Waals surface area contributed by atoms with Crippen molar-refractivity contribution in [1.82, 2.24) is 9.97 Å². The van der Waals surface area contributed by atoms with E-state index >= 15 is 0 Å². The predicted molar refractivity (Wildman–Crippen MR) is 70.5 cm³/mol. The van der Waals surface area contributed by atoms with Crippen LogP contribution < -0.4 is 10.2 Å². The van der Waals surface area contributed by atoms with Gasteiger partial charge in [0.1, 0.15) is 6.33 Å². The Hall–Kier alpha value is -1.96. The van der Waals surface area contributed by atoms with Crippen LogP contribution >= 0.6 is 0 Å². The number of nitrogens with one attached hydrogen (secondary N) is 1. The molecule has 1 saturated heterocycles. The van der Waals surface area contributed by atoms with Crippen LogP contribution in [0.4, 0.5) is 17.3 Å².